The van der Waals surface area contributed by atoms with Crippen molar-refractivity contribution < 1.29 is 5.11 Å². The fraction of sp³-hybridized carbons (Fsp3) is 0.533. The van der Waals surface area contributed by atoms with Gasteiger partial charge in [-0.25, -0.2) is 4.98 Å². The molecule has 2 rings (SSSR count). The zero-order chi connectivity index (χ0) is 14.0. The molecule has 4 heteroatoms. The topological polar surface area (TPSA) is 64.1 Å². The van der Waals surface area contributed by atoms with Crippen LogP contribution in [0.15, 0.2) is 24.3 Å². The number of benzene rings is 1. The molecule has 4 nitrogen and oxygen atoms in total. The maximum Gasteiger partial charge on any atom is 0.109 e. The van der Waals surface area contributed by atoms with Gasteiger partial charge in [0.05, 0.1) is 17.6 Å². The summed E-state index contributed by atoms with van der Waals surface area (Å²) in [6, 6.07) is 8.37. The Morgan fingerprint density at radius 2 is 2.11 bits per heavy atom. The highest BCUT2D eigenvalue weighted by atomic mass is 16.3. The number of para-hydroxylation sites is 2. The summed E-state index contributed by atoms with van der Waals surface area (Å²) >= 11 is 0. The number of aliphatic hydroxyl groups excluding tert-OH is 1. The van der Waals surface area contributed by atoms with Crippen LogP contribution in [0, 0.1) is 0 Å². The van der Waals surface area contributed by atoms with Gasteiger partial charge in [0.15, 0.2) is 0 Å². The van der Waals surface area contributed by atoms with Crippen molar-refractivity contribution in [3.05, 3.63) is 30.1 Å². The molecule has 0 bridgehead atoms. The standard InChI is InChI=1S/C15H23N3O/c1-4-14-17-12-7-5-6-8-13(12)18(14)11(2)9-15(3,16)10-19/h5-8,11,19H,4,9-10,16H2,1-3H3. The average Bonchev–Trinajstić information content (AvgIpc) is 2.76. The van der Waals surface area contributed by atoms with E-state index in [9.17, 15) is 5.11 Å². The highest BCUT2D eigenvalue weighted by molar-refractivity contribution is 5.76. The predicted molar refractivity (Wildman–Crippen MR) is 78.1 cm³/mol. The van der Waals surface area contributed by atoms with Gasteiger partial charge in [0.2, 0.25) is 0 Å². The number of nitrogens with zero attached hydrogens (tertiary/aromatic N) is 2. The van der Waals surface area contributed by atoms with Crippen LogP contribution in [0.1, 0.15) is 39.1 Å². The SMILES string of the molecule is CCc1nc2ccccc2n1C(C)CC(C)(N)CO. The van der Waals surface area contributed by atoms with Gasteiger partial charge in [-0.15, -0.1) is 0 Å². The average molecular weight is 261 g/mol. The second-order valence-corrected chi connectivity index (χ2v) is 5.61. The third-order valence-electron chi connectivity index (χ3n) is 3.55. The Labute approximate surface area is 114 Å². The molecule has 0 radical (unpaired) electrons. The maximum absolute atomic E-state index is 9.33. The van der Waals surface area contributed by atoms with E-state index in [1.807, 2.05) is 25.1 Å². The summed E-state index contributed by atoms with van der Waals surface area (Å²) in [6.45, 7) is 6.12. The van der Waals surface area contributed by atoms with E-state index in [0.29, 0.717) is 0 Å². The molecule has 0 spiro atoms. The molecule has 0 aliphatic carbocycles. The van der Waals surface area contributed by atoms with Gasteiger partial charge in [0.25, 0.3) is 0 Å². The van der Waals surface area contributed by atoms with E-state index in [1.165, 1.54) is 0 Å². The molecule has 1 heterocycles. The fourth-order valence-electron chi connectivity index (χ4n) is 2.67. The highest BCUT2D eigenvalue weighted by Crippen LogP contribution is 2.26. The second kappa shape index (κ2) is 5.31. The summed E-state index contributed by atoms with van der Waals surface area (Å²) in [5, 5.41) is 9.33. The number of aromatic nitrogens is 2. The van der Waals surface area contributed by atoms with Crippen LogP contribution in [0.3, 0.4) is 0 Å². The first-order valence-electron chi connectivity index (χ1n) is 6.84. The van der Waals surface area contributed by atoms with Gasteiger partial charge in [-0.1, -0.05) is 19.1 Å². The van der Waals surface area contributed by atoms with Crippen LogP contribution in [0.25, 0.3) is 11.0 Å². The second-order valence-electron chi connectivity index (χ2n) is 5.61. The summed E-state index contributed by atoms with van der Waals surface area (Å²) in [6.07, 6.45) is 1.61. The van der Waals surface area contributed by atoms with Crippen LogP contribution in [0.5, 0.6) is 0 Å². The lowest BCUT2D eigenvalue weighted by atomic mass is 9.95. The Bertz CT molecular complexity index is 560. The lowest BCUT2D eigenvalue weighted by molar-refractivity contribution is 0.185. The van der Waals surface area contributed by atoms with Gasteiger partial charge in [-0.3, -0.25) is 0 Å². The van der Waals surface area contributed by atoms with Gasteiger partial charge < -0.3 is 15.4 Å². The maximum atomic E-state index is 9.33. The molecule has 0 aliphatic rings. The largest absolute Gasteiger partial charge is 0.394 e. The van der Waals surface area contributed by atoms with Gasteiger partial charge >= 0.3 is 0 Å². The molecule has 2 aromatic rings. The highest BCUT2D eigenvalue weighted by Gasteiger charge is 2.23. The molecule has 0 saturated heterocycles. The number of imidazole rings is 1. The van der Waals surface area contributed by atoms with Crippen molar-refractivity contribution in [1.82, 2.24) is 9.55 Å². The van der Waals surface area contributed by atoms with Crippen molar-refractivity contribution in [2.75, 3.05) is 6.61 Å². The lowest BCUT2D eigenvalue weighted by Gasteiger charge is -2.27. The van der Waals surface area contributed by atoms with E-state index in [-0.39, 0.29) is 12.6 Å². The molecule has 0 saturated carbocycles. The van der Waals surface area contributed by atoms with E-state index in [1.54, 1.807) is 0 Å². The zero-order valence-electron chi connectivity index (χ0n) is 11.9. The molecule has 0 fully saturated rings. The van der Waals surface area contributed by atoms with E-state index in [0.717, 1.165) is 29.7 Å². The van der Waals surface area contributed by atoms with Gasteiger partial charge in [0.1, 0.15) is 5.82 Å². The first kappa shape index (κ1) is 14.0. The number of nitrogens with two attached hydrogens (primary N) is 1. The molecule has 1 aromatic heterocycles. The van der Waals surface area contributed by atoms with Crippen LogP contribution in [-0.2, 0) is 6.42 Å². The van der Waals surface area contributed by atoms with Gasteiger partial charge in [-0.05, 0) is 32.4 Å². The molecule has 19 heavy (non-hydrogen) atoms. The Balaban J connectivity index is 2.43. The van der Waals surface area contributed by atoms with E-state index >= 15 is 0 Å². The molecule has 1 aromatic carbocycles. The van der Waals surface area contributed by atoms with E-state index < -0.39 is 5.54 Å². The minimum absolute atomic E-state index is 0.00850. The number of aliphatic hydroxyl groups is 1. The lowest BCUT2D eigenvalue weighted by Crippen LogP contribution is -2.42. The third kappa shape index (κ3) is 2.80. The van der Waals surface area contributed by atoms with E-state index in [2.05, 4.69) is 29.5 Å². The van der Waals surface area contributed by atoms with Crippen LogP contribution in [-0.4, -0.2) is 26.8 Å². The van der Waals surface area contributed by atoms with Crippen LogP contribution < -0.4 is 5.73 Å². The Hall–Kier alpha value is -1.39. The molecule has 2 atom stereocenters. The normalized spacial score (nSPS) is 16.5. The van der Waals surface area contributed by atoms with Gasteiger partial charge in [0, 0.05) is 18.0 Å². The minimum atomic E-state index is -0.560. The van der Waals surface area contributed by atoms with Crippen LogP contribution in [0.4, 0.5) is 0 Å². The van der Waals surface area contributed by atoms with Crippen LogP contribution >= 0.6 is 0 Å². The fourth-order valence-corrected chi connectivity index (χ4v) is 2.67. The van der Waals surface area contributed by atoms with Crippen molar-refractivity contribution >= 4 is 11.0 Å². The monoisotopic (exact) mass is 261 g/mol. The molecule has 3 N–H and O–H groups in total. The zero-order valence-corrected chi connectivity index (χ0v) is 11.9. The molecule has 0 aliphatic heterocycles. The number of aryl methyl sites for hydroxylation is 1. The molecular weight excluding hydrogens is 238 g/mol. The van der Waals surface area contributed by atoms with Crippen molar-refractivity contribution in [2.45, 2.75) is 45.2 Å². The minimum Gasteiger partial charge on any atom is -0.394 e. The summed E-state index contributed by atoms with van der Waals surface area (Å²) in [5.74, 6) is 1.07. The number of fused-ring (bicyclic) bond motifs is 1. The van der Waals surface area contributed by atoms with Crippen molar-refractivity contribution in [1.29, 1.82) is 0 Å². The number of hydrogen-bond donors (Lipinski definition) is 2. The predicted octanol–water partition coefficient (Wildman–Crippen LogP) is 2.26. The summed E-state index contributed by atoms with van der Waals surface area (Å²) in [5.41, 5.74) is 7.68. The van der Waals surface area contributed by atoms with Crippen molar-refractivity contribution in [3.63, 3.8) is 0 Å². The summed E-state index contributed by atoms with van der Waals surface area (Å²) < 4.78 is 2.25. The Morgan fingerprint density at radius 3 is 2.74 bits per heavy atom. The van der Waals surface area contributed by atoms with E-state index in [4.69, 9.17) is 5.73 Å². The van der Waals surface area contributed by atoms with Crippen molar-refractivity contribution in [2.24, 2.45) is 5.73 Å². The summed E-state index contributed by atoms with van der Waals surface area (Å²) in [4.78, 5) is 4.67. The van der Waals surface area contributed by atoms with Crippen molar-refractivity contribution in [3.8, 4) is 0 Å². The molecule has 2 unspecified atom stereocenters. The molecule has 104 valence electrons. The smallest absolute Gasteiger partial charge is 0.109 e. The Morgan fingerprint density at radius 1 is 1.42 bits per heavy atom. The third-order valence-corrected chi connectivity index (χ3v) is 3.55. The van der Waals surface area contributed by atoms with Crippen LogP contribution in [0.2, 0.25) is 0 Å². The first-order chi connectivity index (χ1) is 8.98. The molecule has 0 amide bonds. The quantitative estimate of drug-likeness (QED) is 0.867. The molecular formula is C15H23N3O. The number of hydrogen-bond acceptors (Lipinski definition) is 3. The first-order valence-corrected chi connectivity index (χ1v) is 6.84. The Kier molecular flexibility index (Phi) is 3.92. The van der Waals surface area contributed by atoms with Gasteiger partial charge in [-0.2, -0.15) is 0 Å². The summed E-state index contributed by atoms with van der Waals surface area (Å²) in [7, 11) is 0. The number of rotatable bonds is 5.